The summed E-state index contributed by atoms with van der Waals surface area (Å²) in [5.74, 6) is 1.09. The van der Waals surface area contributed by atoms with Crippen molar-refractivity contribution in [2.45, 2.75) is 19.8 Å². The lowest BCUT2D eigenvalue weighted by molar-refractivity contribution is -0.120. The SMILES string of the molecule is CCCNC(=O)Cc1cc(OC)c(OC)cc1N. The highest BCUT2D eigenvalue weighted by molar-refractivity contribution is 5.80. The molecule has 3 N–H and O–H groups in total. The predicted octanol–water partition coefficient (Wildman–Crippen LogP) is 1.35. The Hall–Kier alpha value is -1.91. The second-order valence-corrected chi connectivity index (χ2v) is 3.93. The summed E-state index contributed by atoms with van der Waals surface area (Å²) in [4.78, 5) is 11.6. The second kappa shape index (κ2) is 6.74. The molecule has 0 unspecified atom stereocenters. The molecule has 0 atom stereocenters. The summed E-state index contributed by atoms with van der Waals surface area (Å²) in [6.45, 7) is 2.68. The maximum absolute atomic E-state index is 11.6. The van der Waals surface area contributed by atoms with E-state index >= 15 is 0 Å². The van der Waals surface area contributed by atoms with Crippen LogP contribution in [-0.4, -0.2) is 26.7 Å². The number of methoxy groups -OCH3 is 2. The van der Waals surface area contributed by atoms with Gasteiger partial charge in [0.05, 0.1) is 20.6 Å². The van der Waals surface area contributed by atoms with Gasteiger partial charge in [-0.05, 0) is 18.1 Å². The third-order valence-corrected chi connectivity index (χ3v) is 2.57. The van der Waals surface area contributed by atoms with Crippen LogP contribution < -0.4 is 20.5 Å². The molecule has 0 aliphatic heterocycles. The van der Waals surface area contributed by atoms with Gasteiger partial charge in [-0.3, -0.25) is 4.79 Å². The number of rotatable bonds is 6. The molecule has 5 heteroatoms. The van der Waals surface area contributed by atoms with E-state index in [-0.39, 0.29) is 12.3 Å². The van der Waals surface area contributed by atoms with Crippen LogP contribution in [0.5, 0.6) is 11.5 Å². The van der Waals surface area contributed by atoms with Crippen molar-refractivity contribution < 1.29 is 14.3 Å². The molecule has 0 saturated heterocycles. The highest BCUT2D eigenvalue weighted by Gasteiger charge is 2.11. The zero-order valence-corrected chi connectivity index (χ0v) is 11.1. The number of anilines is 1. The lowest BCUT2D eigenvalue weighted by atomic mass is 10.1. The Morgan fingerprint density at radius 3 is 2.44 bits per heavy atom. The minimum atomic E-state index is -0.0456. The summed E-state index contributed by atoms with van der Waals surface area (Å²) in [6, 6.07) is 3.40. The van der Waals surface area contributed by atoms with Gasteiger partial charge in [0.25, 0.3) is 0 Å². The molecule has 0 saturated carbocycles. The van der Waals surface area contributed by atoms with Crippen LogP contribution in [0.4, 0.5) is 5.69 Å². The van der Waals surface area contributed by atoms with E-state index in [0.717, 1.165) is 12.0 Å². The van der Waals surface area contributed by atoms with Gasteiger partial charge in [0.1, 0.15) is 0 Å². The van der Waals surface area contributed by atoms with Crippen molar-refractivity contribution in [3.8, 4) is 11.5 Å². The molecular weight excluding hydrogens is 232 g/mol. The van der Waals surface area contributed by atoms with Crippen molar-refractivity contribution in [2.24, 2.45) is 0 Å². The molecule has 0 radical (unpaired) electrons. The van der Waals surface area contributed by atoms with Crippen LogP contribution in [0.1, 0.15) is 18.9 Å². The third kappa shape index (κ3) is 3.55. The molecule has 0 fully saturated rings. The van der Waals surface area contributed by atoms with Gasteiger partial charge in [0.2, 0.25) is 5.91 Å². The van der Waals surface area contributed by atoms with Gasteiger partial charge in [0.15, 0.2) is 11.5 Å². The summed E-state index contributed by atoms with van der Waals surface area (Å²) in [5.41, 5.74) is 7.15. The summed E-state index contributed by atoms with van der Waals surface area (Å²) >= 11 is 0. The first kappa shape index (κ1) is 14.2. The van der Waals surface area contributed by atoms with Gasteiger partial charge < -0.3 is 20.5 Å². The van der Waals surface area contributed by atoms with E-state index in [1.54, 1.807) is 26.4 Å². The molecule has 0 aliphatic rings. The maximum Gasteiger partial charge on any atom is 0.224 e. The third-order valence-electron chi connectivity index (χ3n) is 2.57. The normalized spacial score (nSPS) is 9.94. The molecule has 1 amide bonds. The Bertz CT molecular complexity index is 419. The number of nitrogen functional groups attached to an aromatic ring is 1. The average molecular weight is 252 g/mol. The van der Waals surface area contributed by atoms with Crippen molar-refractivity contribution in [1.82, 2.24) is 5.32 Å². The van der Waals surface area contributed by atoms with E-state index < -0.39 is 0 Å². The highest BCUT2D eigenvalue weighted by atomic mass is 16.5. The number of ether oxygens (including phenoxy) is 2. The number of amides is 1. The number of carbonyl (C=O) groups is 1. The van der Waals surface area contributed by atoms with Gasteiger partial charge in [-0.15, -0.1) is 0 Å². The van der Waals surface area contributed by atoms with Crippen LogP contribution >= 0.6 is 0 Å². The lowest BCUT2D eigenvalue weighted by Crippen LogP contribution is -2.26. The molecule has 0 spiro atoms. The zero-order valence-electron chi connectivity index (χ0n) is 11.1. The number of carbonyl (C=O) groups excluding carboxylic acids is 1. The van der Waals surface area contributed by atoms with Crippen molar-refractivity contribution >= 4 is 11.6 Å². The Balaban J connectivity index is 2.85. The molecule has 0 bridgehead atoms. The topological polar surface area (TPSA) is 73.6 Å². The van der Waals surface area contributed by atoms with Gasteiger partial charge in [-0.25, -0.2) is 0 Å². The van der Waals surface area contributed by atoms with Crippen LogP contribution in [-0.2, 0) is 11.2 Å². The van der Waals surface area contributed by atoms with E-state index in [9.17, 15) is 4.79 Å². The smallest absolute Gasteiger partial charge is 0.224 e. The van der Waals surface area contributed by atoms with Crippen LogP contribution in [0.25, 0.3) is 0 Å². The first-order valence-electron chi connectivity index (χ1n) is 5.89. The van der Waals surface area contributed by atoms with Crippen LogP contribution in [0, 0.1) is 0 Å². The lowest BCUT2D eigenvalue weighted by Gasteiger charge is -2.12. The largest absolute Gasteiger partial charge is 0.493 e. The minimum absolute atomic E-state index is 0.0456. The van der Waals surface area contributed by atoms with E-state index in [4.69, 9.17) is 15.2 Å². The Kier molecular flexibility index (Phi) is 5.30. The second-order valence-electron chi connectivity index (χ2n) is 3.93. The first-order chi connectivity index (χ1) is 8.62. The summed E-state index contributed by atoms with van der Waals surface area (Å²) < 4.78 is 10.3. The van der Waals surface area contributed by atoms with Crippen LogP contribution in [0.15, 0.2) is 12.1 Å². The maximum atomic E-state index is 11.6. The average Bonchev–Trinajstić information content (AvgIpc) is 2.38. The zero-order chi connectivity index (χ0) is 13.5. The highest BCUT2D eigenvalue weighted by Crippen LogP contribution is 2.32. The summed E-state index contributed by atoms with van der Waals surface area (Å²) in [6.07, 6.45) is 1.15. The number of hydrogen-bond donors (Lipinski definition) is 2. The van der Waals surface area contributed by atoms with Crippen LogP contribution in [0.2, 0.25) is 0 Å². The van der Waals surface area contributed by atoms with Gasteiger partial charge in [-0.1, -0.05) is 6.92 Å². The quantitative estimate of drug-likeness (QED) is 0.750. The van der Waals surface area contributed by atoms with Crippen molar-refractivity contribution in [1.29, 1.82) is 0 Å². The van der Waals surface area contributed by atoms with Crippen LogP contribution in [0.3, 0.4) is 0 Å². The van der Waals surface area contributed by atoms with E-state index in [2.05, 4.69) is 5.32 Å². The summed E-state index contributed by atoms with van der Waals surface area (Å²) in [7, 11) is 3.10. The molecule has 1 aromatic carbocycles. The minimum Gasteiger partial charge on any atom is -0.493 e. The molecule has 0 heterocycles. The number of nitrogens with two attached hydrogens (primary N) is 1. The van der Waals surface area contributed by atoms with Crippen molar-refractivity contribution in [2.75, 3.05) is 26.5 Å². The van der Waals surface area contributed by atoms with Crippen molar-refractivity contribution in [3.63, 3.8) is 0 Å². The van der Waals surface area contributed by atoms with Crippen molar-refractivity contribution in [3.05, 3.63) is 17.7 Å². The van der Waals surface area contributed by atoms with E-state index in [1.165, 1.54) is 0 Å². The molecule has 0 aliphatic carbocycles. The molecule has 1 aromatic rings. The van der Waals surface area contributed by atoms with Gasteiger partial charge in [0, 0.05) is 18.3 Å². The standard InChI is InChI=1S/C13H20N2O3/c1-4-5-15-13(16)7-9-6-11(17-2)12(18-3)8-10(9)14/h6,8H,4-5,7,14H2,1-3H3,(H,15,16). The number of nitrogens with one attached hydrogen (secondary N) is 1. The number of hydrogen-bond acceptors (Lipinski definition) is 4. The van der Waals surface area contributed by atoms with Gasteiger partial charge >= 0.3 is 0 Å². The molecule has 1 rings (SSSR count). The molecular formula is C13H20N2O3. The van der Waals surface area contributed by atoms with Gasteiger partial charge in [-0.2, -0.15) is 0 Å². The Morgan fingerprint density at radius 1 is 1.28 bits per heavy atom. The van der Waals surface area contributed by atoms with E-state index in [0.29, 0.717) is 23.7 Å². The Labute approximate surface area is 107 Å². The Morgan fingerprint density at radius 2 is 1.89 bits per heavy atom. The fourth-order valence-corrected chi connectivity index (χ4v) is 1.59. The van der Waals surface area contributed by atoms with E-state index in [1.807, 2.05) is 6.92 Å². The monoisotopic (exact) mass is 252 g/mol. The predicted molar refractivity (Wildman–Crippen MR) is 71.0 cm³/mol. The first-order valence-corrected chi connectivity index (χ1v) is 5.89. The molecule has 100 valence electrons. The number of benzene rings is 1. The molecule has 18 heavy (non-hydrogen) atoms. The molecule has 0 aromatic heterocycles. The fraction of sp³-hybridized carbons (Fsp3) is 0.462. The molecule has 5 nitrogen and oxygen atoms in total. The summed E-state index contributed by atoms with van der Waals surface area (Å²) in [5, 5.41) is 2.81. The fourth-order valence-electron chi connectivity index (χ4n) is 1.59.